The molecule has 2 aliphatic rings. The summed E-state index contributed by atoms with van der Waals surface area (Å²) in [6, 6.07) is 83.8. The van der Waals surface area contributed by atoms with Crippen LogP contribution in [0.1, 0.15) is 47.2 Å². The lowest BCUT2D eigenvalue weighted by molar-refractivity contribution is 0.563. The molecule has 0 unspecified atom stereocenters. The number of nitrogens with zero attached hydrogens (tertiary/aromatic N) is 2. The van der Waals surface area contributed by atoms with Crippen molar-refractivity contribution >= 4 is 0 Å². The Balaban J connectivity index is 0.979. The van der Waals surface area contributed by atoms with E-state index in [2.05, 4.69) is 244 Å². The first-order valence-corrected chi connectivity index (χ1v) is 22.2. The van der Waals surface area contributed by atoms with E-state index in [0.717, 1.165) is 39.2 Å². The first-order valence-electron chi connectivity index (χ1n) is 22.2. The van der Waals surface area contributed by atoms with Crippen LogP contribution in [-0.2, 0) is 10.8 Å². The summed E-state index contributed by atoms with van der Waals surface area (Å²) in [6.07, 6.45) is 0. The maximum Gasteiger partial charge on any atom is 0.160 e. The van der Waals surface area contributed by atoms with Crippen molar-refractivity contribution in [1.82, 2.24) is 9.97 Å². The molecule has 0 bridgehead atoms. The number of fused-ring (bicyclic) bond motifs is 9. The van der Waals surface area contributed by atoms with E-state index in [9.17, 15) is 0 Å². The minimum absolute atomic E-state index is 0.132. The quantitative estimate of drug-likeness (QED) is 0.167. The van der Waals surface area contributed by atoms with Crippen molar-refractivity contribution in [3.05, 3.63) is 264 Å². The largest absolute Gasteiger partial charge is 0.228 e. The first-order chi connectivity index (χ1) is 31.5. The van der Waals surface area contributed by atoms with Crippen LogP contribution in [0.3, 0.4) is 0 Å². The highest BCUT2D eigenvalue weighted by molar-refractivity contribution is 5.91. The standard InChI is InChI=1S/C62H44N2/c1-61(2)54-24-11-13-26-56(54)62(57-27-14-12-25-55(57)61)52-23-10-9-22-50(52)51-39-48(36-37-53(51)62)47-20-15-21-49(38-47)60-63-58(45-32-28-43(29-33-45)41-16-5-3-6-17-41)40-59(64-60)46-34-30-44(31-35-46)42-18-7-4-8-19-42/h3-40H,1-2H3. The molecular weight excluding hydrogens is 773 g/mol. The van der Waals surface area contributed by atoms with Crippen molar-refractivity contribution < 1.29 is 0 Å². The smallest absolute Gasteiger partial charge is 0.160 e. The lowest BCUT2D eigenvalue weighted by Gasteiger charge is -2.46. The van der Waals surface area contributed by atoms with Gasteiger partial charge in [0, 0.05) is 22.1 Å². The molecule has 0 N–H and O–H groups in total. The summed E-state index contributed by atoms with van der Waals surface area (Å²) >= 11 is 0. The average Bonchev–Trinajstić information content (AvgIpc) is 3.66. The minimum atomic E-state index is -0.418. The van der Waals surface area contributed by atoms with Gasteiger partial charge in [0.05, 0.1) is 16.8 Å². The molecular formula is C62H44N2. The van der Waals surface area contributed by atoms with Crippen molar-refractivity contribution in [2.75, 3.05) is 0 Å². The Hall–Kier alpha value is -7.94. The normalized spacial score (nSPS) is 13.7. The summed E-state index contributed by atoms with van der Waals surface area (Å²) in [5.41, 5.74) is 22.0. The van der Waals surface area contributed by atoms with Crippen LogP contribution in [0.4, 0.5) is 0 Å². The van der Waals surface area contributed by atoms with Crippen LogP contribution in [0, 0.1) is 0 Å². The maximum atomic E-state index is 5.29. The third-order valence-electron chi connectivity index (χ3n) is 13.8. The SMILES string of the molecule is CC1(C)c2ccccc2C2(c3ccccc3-c3cc(-c4cccc(-c5nc(-c6ccc(-c7ccccc7)cc6)cc(-c6ccc(-c7ccccc7)cc6)n5)c4)ccc32)c2ccccc21. The monoisotopic (exact) mass is 816 g/mol. The van der Waals surface area contributed by atoms with E-state index in [0.29, 0.717) is 5.82 Å². The van der Waals surface area contributed by atoms with Crippen molar-refractivity contribution in [2.24, 2.45) is 0 Å². The van der Waals surface area contributed by atoms with E-state index in [1.54, 1.807) is 0 Å². The molecule has 2 nitrogen and oxygen atoms in total. The molecule has 0 fully saturated rings. The van der Waals surface area contributed by atoms with Crippen LogP contribution >= 0.6 is 0 Å². The van der Waals surface area contributed by atoms with Gasteiger partial charge in [0.25, 0.3) is 0 Å². The molecule has 0 amide bonds. The topological polar surface area (TPSA) is 25.8 Å². The van der Waals surface area contributed by atoms with Crippen LogP contribution in [-0.4, -0.2) is 9.97 Å². The molecule has 1 spiro atoms. The molecule has 0 radical (unpaired) electrons. The Kier molecular flexibility index (Phi) is 8.77. The van der Waals surface area contributed by atoms with E-state index in [1.807, 2.05) is 0 Å². The van der Waals surface area contributed by atoms with E-state index < -0.39 is 5.41 Å². The Morgan fingerprint density at radius 2 is 0.656 bits per heavy atom. The summed E-state index contributed by atoms with van der Waals surface area (Å²) < 4.78 is 0. The van der Waals surface area contributed by atoms with Crippen molar-refractivity contribution in [1.29, 1.82) is 0 Å². The summed E-state index contributed by atoms with van der Waals surface area (Å²) in [4.78, 5) is 10.6. The second kappa shape index (κ2) is 14.9. The zero-order valence-electron chi connectivity index (χ0n) is 35.8. The van der Waals surface area contributed by atoms with Crippen LogP contribution in [0.5, 0.6) is 0 Å². The fraction of sp³-hybridized carbons (Fsp3) is 0.0645. The Labute approximate surface area is 375 Å². The molecule has 64 heavy (non-hydrogen) atoms. The Morgan fingerprint density at radius 1 is 0.266 bits per heavy atom. The van der Waals surface area contributed by atoms with Gasteiger partial charge in [-0.15, -0.1) is 0 Å². The van der Waals surface area contributed by atoms with Gasteiger partial charge in [0.15, 0.2) is 5.82 Å². The summed E-state index contributed by atoms with van der Waals surface area (Å²) in [7, 11) is 0. The lowest BCUT2D eigenvalue weighted by Crippen LogP contribution is -2.40. The van der Waals surface area contributed by atoms with Gasteiger partial charge in [-0.25, -0.2) is 9.97 Å². The van der Waals surface area contributed by atoms with E-state index in [1.165, 1.54) is 66.8 Å². The predicted octanol–water partition coefficient (Wildman–Crippen LogP) is 15.5. The highest BCUT2D eigenvalue weighted by Gasteiger charge is 2.53. The second-order valence-electron chi connectivity index (χ2n) is 17.7. The molecule has 1 heterocycles. The third-order valence-corrected chi connectivity index (χ3v) is 13.8. The zero-order chi connectivity index (χ0) is 42.8. The molecule has 9 aromatic carbocycles. The molecule has 1 aromatic heterocycles. The molecule has 12 rings (SSSR count). The highest BCUT2D eigenvalue weighted by Crippen LogP contribution is 2.62. The summed E-state index contributed by atoms with van der Waals surface area (Å²) in [5, 5.41) is 0. The molecule has 2 aliphatic carbocycles. The number of aromatic nitrogens is 2. The zero-order valence-corrected chi connectivity index (χ0v) is 35.8. The van der Waals surface area contributed by atoms with Gasteiger partial charge in [-0.1, -0.05) is 226 Å². The number of hydrogen-bond donors (Lipinski definition) is 0. The summed E-state index contributed by atoms with van der Waals surface area (Å²) in [5.74, 6) is 0.692. The first kappa shape index (κ1) is 37.8. The fourth-order valence-electron chi connectivity index (χ4n) is 10.7. The number of hydrogen-bond acceptors (Lipinski definition) is 2. The predicted molar refractivity (Wildman–Crippen MR) is 264 cm³/mol. The van der Waals surface area contributed by atoms with E-state index in [-0.39, 0.29) is 5.41 Å². The van der Waals surface area contributed by atoms with E-state index in [4.69, 9.17) is 9.97 Å². The van der Waals surface area contributed by atoms with Gasteiger partial charge in [0.2, 0.25) is 0 Å². The van der Waals surface area contributed by atoms with Gasteiger partial charge >= 0.3 is 0 Å². The molecule has 0 saturated heterocycles. The van der Waals surface area contributed by atoms with Crippen LogP contribution in [0.15, 0.2) is 231 Å². The molecule has 10 aromatic rings. The molecule has 2 heteroatoms. The van der Waals surface area contributed by atoms with Gasteiger partial charge < -0.3 is 0 Å². The Bertz CT molecular complexity index is 3230. The molecule has 0 aliphatic heterocycles. The van der Waals surface area contributed by atoms with Gasteiger partial charge in [-0.2, -0.15) is 0 Å². The second-order valence-corrected chi connectivity index (χ2v) is 17.7. The Morgan fingerprint density at radius 3 is 1.22 bits per heavy atom. The molecule has 0 atom stereocenters. The third kappa shape index (κ3) is 5.94. The number of benzene rings is 9. The van der Waals surface area contributed by atoms with Gasteiger partial charge in [-0.05, 0) is 96.1 Å². The van der Waals surface area contributed by atoms with Crippen LogP contribution in [0.25, 0.3) is 78.4 Å². The average molecular weight is 817 g/mol. The van der Waals surface area contributed by atoms with Crippen molar-refractivity contribution in [3.8, 4) is 78.4 Å². The van der Waals surface area contributed by atoms with Crippen molar-refractivity contribution in [2.45, 2.75) is 24.7 Å². The minimum Gasteiger partial charge on any atom is -0.228 e. The van der Waals surface area contributed by atoms with E-state index >= 15 is 0 Å². The lowest BCUT2D eigenvalue weighted by atomic mass is 9.55. The highest BCUT2D eigenvalue weighted by atomic mass is 14.9. The van der Waals surface area contributed by atoms with Gasteiger partial charge in [0.1, 0.15) is 0 Å². The summed E-state index contributed by atoms with van der Waals surface area (Å²) in [6.45, 7) is 4.75. The molecule has 0 saturated carbocycles. The van der Waals surface area contributed by atoms with Crippen LogP contribution < -0.4 is 0 Å². The molecule has 302 valence electrons. The number of rotatable bonds is 6. The van der Waals surface area contributed by atoms with Crippen LogP contribution in [0.2, 0.25) is 0 Å². The van der Waals surface area contributed by atoms with Gasteiger partial charge in [-0.3, -0.25) is 0 Å². The fourth-order valence-corrected chi connectivity index (χ4v) is 10.7. The maximum absolute atomic E-state index is 5.29. The van der Waals surface area contributed by atoms with Crippen molar-refractivity contribution in [3.63, 3.8) is 0 Å².